The Bertz CT molecular complexity index is 799. The summed E-state index contributed by atoms with van der Waals surface area (Å²) in [5, 5.41) is 0.560. The van der Waals surface area contributed by atoms with Gasteiger partial charge in [-0.2, -0.15) is 0 Å². The van der Waals surface area contributed by atoms with E-state index in [1.165, 1.54) is 16.2 Å². The van der Waals surface area contributed by atoms with Crippen molar-refractivity contribution in [3.63, 3.8) is 0 Å². The normalized spacial score (nSPS) is 33.2. The summed E-state index contributed by atoms with van der Waals surface area (Å²) >= 11 is 1.45. The molecule has 112 valence electrons. The highest BCUT2D eigenvalue weighted by molar-refractivity contribution is 7.22. The Morgan fingerprint density at radius 2 is 1.82 bits per heavy atom. The second kappa shape index (κ2) is 4.16. The van der Waals surface area contributed by atoms with Crippen molar-refractivity contribution in [3.05, 3.63) is 23.8 Å². The maximum atomic E-state index is 12.8. The van der Waals surface area contributed by atoms with Crippen molar-refractivity contribution < 1.29 is 9.59 Å². The summed E-state index contributed by atoms with van der Waals surface area (Å²) in [4.78, 5) is 31.5. The summed E-state index contributed by atoms with van der Waals surface area (Å²) in [6.45, 7) is 2.03. The van der Waals surface area contributed by atoms with Crippen LogP contribution in [0.5, 0.6) is 0 Å². The maximum absolute atomic E-state index is 12.8. The molecular weight excluding hydrogens is 296 g/mol. The Morgan fingerprint density at radius 1 is 1.14 bits per heavy atom. The molecule has 1 aromatic heterocycles. The predicted octanol–water partition coefficient (Wildman–Crippen LogP) is 3.14. The third-order valence-electron chi connectivity index (χ3n) is 5.65. The lowest BCUT2D eigenvalue weighted by Crippen LogP contribution is -2.32. The first-order valence-electron chi connectivity index (χ1n) is 7.88. The fraction of sp³-hybridized carbons (Fsp3) is 0.471. The number of hydrogen-bond acceptors (Lipinski definition) is 4. The Morgan fingerprint density at radius 3 is 2.50 bits per heavy atom. The largest absolute Gasteiger partial charge is 0.274 e. The van der Waals surface area contributed by atoms with Gasteiger partial charge >= 0.3 is 0 Å². The number of fused-ring (bicyclic) bond motifs is 6. The van der Waals surface area contributed by atoms with Crippen molar-refractivity contribution in [1.29, 1.82) is 0 Å². The Kier molecular flexibility index (Phi) is 2.41. The predicted molar refractivity (Wildman–Crippen MR) is 84.7 cm³/mol. The Hall–Kier alpha value is -1.75. The van der Waals surface area contributed by atoms with E-state index < -0.39 is 0 Å². The monoisotopic (exact) mass is 312 g/mol. The highest BCUT2D eigenvalue weighted by atomic mass is 32.1. The molecule has 2 saturated carbocycles. The number of benzene rings is 1. The standard InChI is InChI=1S/C17H16N2O2S/c1-8-2-5-11-12(6-8)22-17(18-11)19-15(20)13-9-3-4-10(7-9)14(13)16(19)21/h2,5-6,9-10,13-14H,3-4,7H2,1H3/t9-,10+,13-,14+. The van der Waals surface area contributed by atoms with Crippen LogP contribution in [0, 0.1) is 30.6 Å². The van der Waals surface area contributed by atoms with E-state index in [2.05, 4.69) is 11.1 Å². The van der Waals surface area contributed by atoms with Crippen molar-refractivity contribution in [2.45, 2.75) is 26.2 Å². The number of imide groups is 1. The van der Waals surface area contributed by atoms with Crippen LogP contribution in [0.2, 0.25) is 0 Å². The molecule has 1 aliphatic heterocycles. The van der Waals surface area contributed by atoms with Crippen LogP contribution >= 0.6 is 11.3 Å². The zero-order valence-corrected chi connectivity index (χ0v) is 13.1. The molecule has 2 amide bonds. The van der Waals surface area contributed by atoms with Gasteiger partial charge in [0.1, 0.15) is 0 Å². The van der Waals surface area contributed by atoms with Gasteiger partial charge in [-0.05, 0) is 55.7 Å². The number of carbonyl (C=O) groups is 2. The number of aryl methyl sites for hydroxylation is 1. The number of carbonyl (C=O) groups excluding carboxylic acids is 2. The molecule has 2 heterocycles. The fourth-order valence-electron chi connectivity index (χ4n) is 4.71. The number of rotatable bonds is 1. The molecule has 5 rings (SSSR count). The molecule has 4 atom stereocenters. The van der Waals surface area contributed by atoms with Gasteiger partial charge in [0.15, 0.2) is 5.13 Å². The third-order valence-corrected chi connectivity index (χ3v) is 6.65. The molecule has 2 bridgehead atoms. The SMILES string of the molecule is Cc1ccc2nc(N3C(=O)[C@@H]4[C@@H]5CC[C@@H](C5)[C@@H]4C3=O)sc2c1. The average molecular weight is 312 g/mol. The molecule has 3 fully saturated rings. The summed E-state index contributed by atoms with van der Waals surface area (Å²) in [5.41, 5.74) is 2.03. The lowest BCUT2D eigenvalue weighted by molar-refractivity contribution is -0.123. The lowest BCUT2D eigenvalue weighted by Gasteiger charge is -2.19. The number of hydrogen-bond donors (Lipinski definition) is 0. The molecule has 0 N–H and O–H groups in total. The summed E-state index contributed by atoms with van der Waals surface area (Å²) in [7, 11) is 0. The van der Waals surface area contributed by atoms with Gasteiger partial charge in [-0.1, -0.05) is 17.4 Å². The number of anilines is 1. The summed E-state index contributed by atoms with van der Waals surface area (Å²) < 4.78 is 1.04. The minimum atomic E-state index is -0.0694. The van der Waals surface area contributed by atoms with Crippen molar-refractivity contribution >= 4 is 38.5 Å². The number of aromatic nitrogens is 1. The van der Waals surface area contributed by atoms with Crippen LogP contribution in [0.25, 0.3) is 10.2 Å². The van der Waals surface area contributed by atoms with Gasteiger partial charge in [0.2, 0.25) is 11.8 Å². The van der Waals surface area contributed by atoms with Crippen LogP contribution in [0.15, 0.2) is 18.2 Å². The van der Waals surface area contributed by atoms with Crippen LogP contribution < -0.4 is 4.90 Å². The molecule has 1 aromatic carbocycles. The second-order valence-electron chi connectivity index (χ2n) is 6.86. The molecule has 0 unspecified atom stereocenters. The molecule has 0 radical (unpaired) electrons. The van der Waals surface area contributed by atoms with E-state index in [1.807, 2.05) is 19.1 Å². The smallest absolute Gasteiger partial charge is 0.239 e. The Labute approximate surface area is 132 Å². The molecule has 4 nitrogen and oxygen atoms in total. The van der Waals surface area contributed by atoms with E-state index in [0.29, 0.717) is 17.0 Å². The van der Waals surface area contributed by atoms with Crippen LogP contribution in [0.4, 0.5) is 5.13 Å². The van der Waals surface area contributed by atoms with E-state index in [0.717, 1.165) is 35.0 Å². The molecule has 2 aliphatic carbocycles. The maximum Gasteiger partial charge on any atom is 0.239 e. The second-order valence-corrected chi connectivity index (χ2v) is 7.87. The minimum absolute atomic E-state index is 0.00187. The molecule has 2 aromatic rings. The van der Waals surface area contributed by atoms with Gasteiger partial charge in [-0.3, -0.25) is 9.59 Å². The average Bonchev–Trinajstić information content (AvgIpc) is 3.21. The van der Waals surface area contributed by atoms with Gasteiger partial charge < -0.3 is 0 Å². The first kappa shape index (κ1) is 12.8. The number of amides is 2. The van der Waals surface area contributed by atoms with Gasteiger partial charge in [-0.15, -0.1) is 0 Å². The highest BCUT2D eigenvalue weighted by Crippen LogP contribution is 2.56. The third kappa shape index (κ3) is 1.50. The van der Waals surface area contributed by atoms with E-state index in [-0.39, 0.29) is 23.7 Å². The van der Waals surface area contributed by atoms with Crippen molar-refractivity contribution in [3.8, 4) is 0 Å². The fourth-order valence-corrected chi connectivity index (χ4v) is 5.79. The van der Waals surface area contributed by atoms with Gasteiger partial charge in [-0.25, -0.2) is 9.88 Å². The highest BCUT2D eigenvalue weighted by Gasteiger charge is 2.61. The molecule has 22 heavy (non-hydrogen) atoms. The molecule has 0 spiro atoms. The van der Waals surface area contributed by atoms with E-state index in [4.69, 9.17) is 0 Å². The molecular formula is C17H16N2O2S. The first-order chi connectivity index (χ1) is 10.6. The van der Waals surface area contributed by atoms with Crippen LogP contribution in [-0.4, -0.2) is 16.8 Å². The topological polar surface area (TPSA) is 50.3 Å². The number of nitrogens with zero attached hydrogens (tertiary/aromatic N) is 2. The van der Waals surface area contributed by atoms with Gasteiger partial charge in [0.05, 0.1) is 22.1 Å². The molecule has 3 aliphatic rings. The Balaban J connectivity index is 1.59. The summed E-state index contributed by atoms with van der Waals surface area (Å²) in [6.07, 6.45) is 3.29. The molecule has 5 heteroatoms. The zero-order chi connectivity index (χ0) is 15.0. The van der Waals surface area contributed by atoms with E-state index in [9.17, 15) is 9.59 Å². The summed E-state index contributed by atoms with van der Waals surface area (Å²) in [6, 6.07) is 6.03. The zero-order valence-electron chi connectivity index (χ0n) is 12.3. The quantitative estimate of drug-likeness (QED) is 0.760. The van der Waals surface area contributed by atoms with Crippen LogP contribution in [-0.2, 0) is 9.59 Å². The molecule has 1 saturated heterocycles. The van der Waals surface area contributed by atoms with Gasteiger partial charge in [0.25, 0.3) is 0 Å². The van der Waals surface area contributed by atoms with E-state index >= 15 is 0 Å². The van der Waals surface area contributed by atoms with Crippen molar-refractivity contribution in [2.75, 3.05) is 4.90 Å². The first-order valence-corrected chi connectivity index (χ1v) is 8.70. The minimum Gasteiger partial charge on any atom is -0.274 e. The van der Waals surface area contributed by atoms with Crippen molar-refractivity contribution in [2.24, 2.45) is 23.7 Å². The number of thiazole rings is 1. The lowest BCUT2D eigenvalue weighted by atomic mass is 9.81. The van der Waals surface area contributed by atoms with E-state index in [1.54, 1.807) is 0 Å². The van der Waals surface area contributed by atoms with Crippen LogP contribution in [0.3, 0.4) is 0 Å². The van der Waals surface area contributed by atoms with Gasteiger partial charge in [0, 0.05) is 0 Å². The summed E-state index contributed by atoms with van der Waals surface area (Å²) in [5.74, 6) is 0.706. The van der Waals surface area contributed by atoms with Crippen LogP contribution in [0.1, 0.15) is 24.8 Å². The van der Waals surface area contributed by atoms with Crippen molar-refractivity contribution in [1.82, 2.24) is 4.98 Å².